The third kappa shape index (κ3) is 4.65. The molecule has 0 aromatic heterocycles. The molecule has 0 aliphatic heterocycles. The minimum atomic E-state index is -0.528. The van der Waals surface area contributed by atoms with Crippen LogP contribution >= 0.6 is 0 Å². The van der Waals surface area contributed by atoms with Crippen molar-refractivity contribution >= 4 is 17.6 Å². The Kier molecular flexibility index (Phi) is 6.22. The van der Waals surface area contributed by atoms with Crippen LogP contribution in [0.25, 0.3) is 0 Å². The number of carbonyl (C=O) groups is 2. The summed E-state index contributed by atoms with van der Waals surface area (Å²) >= 11 is 0. The number of nitrogens with zero attached hydrogens (tertiary/aromatic N) is 1. The average Bonchev–Trinajstić information content (AvgIpc) is 2.71. The minimum Gasteiger partial charge on any atom is -0.453 e. The number of amides is 1. The SMILES string of the molecule is CC(=O)O[C@H](c1ccccc1)c1ccccc1CN(C(C)=O)c1ccccc1. The average molecular weight is 373 g/mol. The fourth-order valence-corrected chi connectivity index (χ4v) is 3.20. The number of esters is 1. The maximum absolute atomic E-state index is 12.3. The fraction of sp³-hybridized carbons (Fsp3) is 0.167. The second kappa shape index (κ2) is 9.00. The molecule has 0 fully saturated rings. The highest BCUT2D eigenvalue weighted by Gasteiger charge is 2.22. The molecule has 0 saturated heterocycles. The monoisotopic (exact) mass is 373 g/mol. The first-order chi connectivity index (χ1) is 13.6. The maximum Gasteiger partial charge on any atom is 0.303 e. The summed E-state index contributed by atoms with van der Waals surface area (Å²) in [6.45, 7) is 3.35. The zero-order chi connectivity index (χ0) is 19.9. The van der Waals surface area contributed by atoms with Crippen molar-refractivity contribution in [3.63, 3.8) is 0 Å². The maximum atomic E-state index is 12.3. The van der Waals surface area contributed by atoms with Crippen LogP contribution in [0.1, 0.15) is 36.6 Å². The van der Waals surface area contributed by atoms with Gasteiger partial charge in [0.25, 0.3) is 0 Å². The third-order valence-corrected chi connectivity index (χ3v) is 4.50. The number of anilines is 1. The van der Waals surface area contributed by atoms with Crippen molar-refractivity contribution in [1.82, 2.24) is 0 Å². The van der Waals surface area contributed by atoms with Gasteiger partial charge in [-0.15, -0.1) is 0 Å². The summed E-state index contributed by atoms with van der Waals surface area (Å²) in [4.78, 5) is 25.8. The van der Waals surface area contributed by atoms with E-state index in [1.54, 1.807) is 11.8 Å². The molecule has 3 rings (SSSR count). The van der Waals surface area contributed by atoms with Gasteiger partial charge in [0.2, 0.25) is 5.91 Å². The molecular formula is C24H23NO3. The normalized spacial score (nSPS) is 11.5. The lowest BCUT2D eigenvalue weighted by molar-refractivity contribution is -0.144. The van der Waals surface area contributed by atoms with E-state index >= 15 is 0 Å². The molecule has 0 radical (unpaired) electrons. The fourth-order valence-electron chi connectivity index (χ4n) is 3.20. The van der Waals surface area contributed by atoms with Crippen molar-refractivity contribution in [3.05, 3.63) is 102 Å². The van der Waals surface area contributed by atoms with Gasteiger partial charge in [0.05, 0.1) is 6.54 Å². The van der Waals surface area contributed by atoms with Gasteiger partial charge in [-0.2, -0.15) is 0 Å². The summed E-state index contributed by atoms with van der Waals surface area (Å²) in [5.41, 5.74) is 3.51. The summed E-state index contributed by atoms with van der Waals surface area (Å²) < 4.78 is 5.67. The lowest BCUT2D eigenvalue weighted by Gasteiger charge is -2.25. The van der Waals surface area contributed by atoms with Crippen molar-refractivity contribution in [2.45, 2.75) is 26.5 Å². The molecule has 0 spiro atoms. The Bertz CT molecular complexity index is 938. The molecule has 142 valence electrons. The van der Waals surface area contributed by atoms with Gasteiger partial charge in [0.1, 0.15) is 0 Å². The van der Waals surface area contributed by atoms with Crippen LogP contribution in [0, 0.1) is 0 Å². The molecule has 0 heterocycles. The number of benzene rings is 3. The zero-order valence-corrected chi connectivity index (χ0v) is 16.0. The lowest BCUT2D eigenvalue weighted by atomic mass is 9.96. The quantitative estimate of drug-likeness (QED) is 0.578. The second-order valence-electron chi connectivity index (χ2n) is 6.54. The first kappa shape index (κ1) is 19.4. The Morgan fingerprint density at radius 1 is 0.821 bits per heavy atom. The van der Waals surface area contributed by atoms with Crippen LogP contribution in [0.15, 0.2) is 84.9 Å². The highest BCUT2D eigenvalue weighted by molar-refractivity contribution is 5.91. The summed E-state index contributed by atoms with van der Waals surface area (Å²) in [7, 11) is 0. The predicted molar refractivity (Wildman–Crippen MR) is 110 cm³/mol. The minimum absolute atomic E-state index is 0.0512. The van der Waals surface area contributed by atoms with Gasteiger partial charge < -0.3 is 9.64 Å². The highest BCUT2D eigenvalue weighted by Crippen LogP contribution is 2.30. The Labute approximate surface area is 165 Å². The molecule has 4 heteroatoms. The first-order valence-electron chi connectivity index (χ1n) is 9.19. The topological polar surface area (TPSA) is 46.6 Å². The molecule has 0 unspecified atom stereocenters. The van der Waals surface area contributed by atoms with Crippen LogP contribution < -0.4 is 4.90 Å². The summed E-state index contributed by atoms with van der Waals surface area (Å²) in [6.07, 6.45) is -0.528. The van der Waals surface area contributed by atoms with E-state index in [2.05, 4.69) is 0 Å². The number of rotatable bonds is 6. The molecule has 4 nitrogen and oxygen atoms in total. The number of ether oxygens (including phenoxy) is 1. The van der Waals surface area contributed by atoms with Crippen LogP contribution in [0.4, 0.5) is 5.69 Å². The van der Waals surface area contributed by atoms with Gasteiger partial charge in [-0.05, 0) is 23.3 Å². The Balaban J connectivity index is 2.01. The lowest BCUT2D eigenvalue weighted by Crippen LogP contribution is -2.28. The van der Waals surface area contributed by atoms with Crippen LogP contribution in [0.5, 0.6) is 0 Å². The van der Waals surface area contributed by atoms with Crippen molar-refractivity contribution < 1.29 is 14.3 Å². The molecular weight excluding hydrogens is 350 g/mol. The van der Waals surface area contributed by atoms with E-state index in [9.17, 15) is 9.59 Å². The predicted octanol–water partition coefficient (Wildman–Crippen LogP) is 4.89. The largest absolute Gasteiger partial charge is 0.453 e. The molecule has 1 atom stereocenters. The summed E-state index contributed by atoms with van der Waals surface area (Å²) in [6, 6.07) is 26.9. The van der Waals surface area contributed by atoms with Gasteiger partial charge in [-0.3, -0.25) is 9.59 Å². The number of hydrogen-bond donors (Lipinski definition) is 0. The van der Waals surface area contributed by atoms with Crippen molar-refractivity contribution in [2.24, 2.45) is 0 Å². The van der Waals surface area contributed by atoms with Crippen molar-refractivity contribution in [1.29, 1.82) is 0 Å². The summed E-state index contributed by atoms with van der Waals surface area (Å²) in [5.74, 6) is -0.403. The van der Waals surface area contributed by atoms with E-state index in [0.717, 1.165) is 22.4 Å². The number of hydrogen-bond acceptors (Lipinski definition) is 3. The van der Waals surface area contributed by atoms with Crippen LogP contribution in [0.3, 0.4) is 0 Å². The van der Waals surface area contributed by atoms with E-state index in [1.165, 1.54) is 6.92 Å². The summed E-state index contributed by atoms with van der Waals surface area (Å²) in [5, 5.41) is 0. The van der Waals surface area contributed by atoms with Gasteiger partial charge in [0, 0.05) is 25.1 Å². The zero-order valence-electron chi connectivity index (χ0n) is 16.0. The Hall–Kier alpha value is -3.40. The van der Waals surface area contributed by atoms with Gasteiger partial charge in [0.15, 0.2) is 6.10 Å². The van der Waals surface area contributed by atoms with Crippen molar-refractivity contribution in [2.75, 3.05) is 4.90 Å². The molecule has 3 aromatic carbocycles. The molecule has 0 bridgehead atoms. The highest BCUT2D eigenvalue weighted by atomic mass is 16.5. The standard InChI is InChI=1S/C24H23NO3/c1-18(26)25(22-14-7-4-8-15-22)17-21-13-9-10-16-23(21)24(28-19(2)27)20-11-5-3-6-12-20/h3-16,24H,17H2,1-2H3/t24-/m1/s1. The third-order valence-electron chi connectivity index (χ3n) is 4.50. The molecule has 3 aromatic rings. The molecule has 28 heavy (non-hydrogen) atoms. The second-order valence-corrected chi connectivity index (χ2v) is 6.54. The smallest absolute Gasteiger partial charge is 0.303 e. The van der Waals surface area contributed by atoms with Gasteiger partial charge >= 0.3 is 5.97 Å². The molecule has 0 aliphatic carbocycles. The van der Waals surface area contributed by atoms with Crippen LogP contribution in [0.2, 0.25) is 0 Å². The van der Waals surface area contributed by atoms with Gasteiger partial charge in [-0.1, -0.05) is 72.8 Å². The van der Waals surface area contributed by atoms with E-state index in [-0.39, 0.29) is 11.9 Å². The molecule has 0 N–H and O–H groups in total. The number of para-hydroxylation sites is 1. The van der Waals surface area contributed by atoms with Crippen LogP contribution in [-0.2, 0) is 20.9 Å². The van der Waals surface area contributed by atoms with Crippen LogP contribution in [-0.4, -0.2) is 11.9 Å². The first-order valence-corrected chi connectivity index (χ1v) is 9.19. The van der Waals surface area contributed by atoms with E-state index in [0.29, 0.717) is 6.54 Å². The molecule has 0 saturated carbocycles. The van der Waals surface area contributed by atoms with Crippen molar-refractivity contribution in [3.8, 4) is 0 Å². The Morgan fingerprint density at radius 2 is 1.39 bits per heavy atom. The molecule has 0 aliphatic rings. The molecule has 1 amide bonds. The van der Waals surface area contributed by atoms with E-state index < -0.39 is 6.10 Å². The number of carbonyl (C=O) groups excluding carboxylic acids is 2. The van der Waals surface area contributed by atoms with E-state index in [1.807, 2.05) is 84.9 Å². The Morgan fingerprint density at radius 3 is 2.00 bits per heavy atom. The van der Waals surface area contributed by atoms with E-state index in [4.69, 9.17) is 4.74 Å². The van der Waals surface area contributed by atoms with Gasteiger partial charge in [-0.25, -0.2) is 0 Å².